The van der Waals surface area contributed by atoms with Gasteiger partial charge in [-0.05, 0) is 42.8 Å². The lowest BCUT2D eigenvalue weighted by Crippen LogP contribution is -2.40. The molecule has 0 aliphatic carbocycles. The van der Waals surface area contributed by atoms with Crippen molar-refractivity contribution >= 4 is 44.7 Å². The molecular formula is C19H28ClN3O3S2. The highest BCUT2D eigenvalue weighted by Crippen LogP contribution is 2.25. The third-order valence-corrected chi connectivity index (χ3v) is 7.57. The van der Waals surface area contributed by atoms with Crippen molar-refractivity contribution in [2.24, 2.45) is 5.92 Å². The SMILES string of the molecule is COCCn1c(=S)n(CN(CC(C)C)C2CCS(=O)(=O)C2)c2cc(Cl)ccc21. The quantitative estimate of drug-likeness (QED) is 0.581. The average Bonchev–Trinajstić information content (AvgIpc) is 3.10. The second-order valence-corrected chi connectivity index (χ2v) is 10.9. The summed E-state index contributed by atoms with van der Waals surface area (Å²) in [5, 5.41) is 0.652. The van der Waals surface area contributed by atoms with Gasteiger partial charge in [-0.25, -0.2) is 8.42 Å². The molecule has 1 aromatic carbocycles. The van der Waals surface area contributed by atoms with E-state index < -0.39 is 9.84 Å². The minimum Gasteiger partial charge on any atom is -0.383 e. The van der Waals surface area contributed by atoms with Gasteiger partial charge in [-0.3, -0.25) is 4.90 Å². The molecule has 9 heteroatoms. The topological polar surface area (TPSA) is 56.5 Å². The standard InChI is InChI=1S/C19H28ClN3O3S2/c1-14(2)11-21(16-6-9-28(24,25)12-16)13-23-18-10-15(20)4-5-17(18)22(19(23)27)7-8-26-3/h4-5,10,14,16H,6-9,11-13H2,1-3H3. The van der Waals surface area contributed by atoms with E-state index in [1.165, 1.54) is 0 Å². The van der Waals surface area contributed by atoms with Gasteiger partial charge in [-0.1, -0.05) is 25.4 Å². The van der Waals surface area contributed by atoms with Crippen molar-refractivity contribution in [3.8, 4) is 0 Å². The van der Waals surface area contributed by atoms with Gasteiger partial charge in [0.25, 0.3) is 0 Å². The van der Waals surface area contributed by atoms with Gasteiger partial charge in [0.05, 0.1) is 35.8 Å². The van der Waals surface area contributed by atoms with Crippen molar-refractivity contribution in [3.63, 3.8) is 0 Å². The van der Waals surface area contributed by atoms with Crippen LogP contribution in [0.3, 0.4) is 0 Å². The molecule has 1 atom stereocenters. The van der Waals surface area contributed by atoms with Crippen LogP contribution in [0, 0.1) is 10.7 Å². The number of halogens is 1. The highest BCUT2D eigenvalue weighted by Gasteiger charge is 2.33. The molecule has 156 valence electrons. The maximum Gasteiger partial charge on any atom is 0.181 e. The fourth-order valence-electron chi connectivity index (χ4n) is 3.86. The molecule has 3 rings (SSSR count). The molecule has 1 unspecified atom stereocenters. The molecule has 0 N–H and O–H groups in total. The highest BCUT2D eigenvalue weighted by molar-refractivity contribution is 7.91. The number of benzene rings is 1. The second kappa shape index (κ2) is 8.83. The third kappa shape index (κ3) is 4.79. The van der Waals surface area contributed by atoms with Gasteiger partial charge in [-0.15, -0.1) is 0 Å². The number of rotatable bonds is 8. The Bertz CT molecular complexity index is 998. The van der Waals surface area contributed by atoms with E-state index >= 15 is 0 Å². The van der Waals surface area contributed by atoms with Crippen LogP contribution in [0.25, 0.3) is 11.0 Å². The van der Waals surface area contributed by atoms with E-state index in [9.17, 15) is 8.42 Å². The summed E-state index contributed by atoms with van der Waals surface area (Å²) in [4.78, 5) is 2.26. The number of imidazole rings is 1. The first kappa shape index (κ1) is 21.8. The molecule has 1 saturated heterocycles. The predicted octanol–water partition coefficient (Wildman–Crippen LogP) is 3.57. The van der Waals surface area contributed by atoms with Crippen LogP contribution in [0.4, 0.5) is 0 Å². The molecule has 0 spiro atoms. The molecule has 0 amide bonds. The Morgan fingerprint density at radius 2 is 2.07 bits per heavy atom. The minimum absolute atomic E-state index is 0.0193. The number of nitrogens with zero attached hydrogens (tertiary/aromatic N) is 3. The highest BCUT2D eigenvalue weighted by atomic mass is 35.5. The lowest BCUT2D eigenvalue weighted by molar-refractivity contribution is 0.146. The van der Waals surface area contributed by atoms with E-state index in [1.807, 2.05) is 18.2 Å². The van der Waals surface area contributed by atoms with Gasteiger partial charge < -0.3 is 13.9 Å². The molecule has 0 saturated carbocycles. The number of aromatic nitrogens is 2. The minimum atomic E-state index is -2.95. The largest absolute Gasteiger partial charge is 0.383 e. The fraction of sp³-hybridized carbons (Fsp3) is 0.632. The maximum atomic E-state index is 12.0. The Kier molecular flexibility index (Phi) is 6.87. The predicted molar refractivity (Wildman–Crippen MR) is 116 cm³/mol. The van der Waals surface area contributed by atoms with Crippen molar-refractivity contribution in [1.29, 1.82) is 0 Å². The number of ether oxygens (including phenoxy) is 1. The Morgan fingerprint density at radius 3 is 2.68 bits per heavy atom. The van der Waals surface area contributed by atoms with Crippen molar-refractivity contribution in [2.75, 3.05) is 31.8 Å². The molecule has 1 aromatic heterocycles. The zero-order chi connectivity index (χ0) is 20.5. The Hall–Kier alpha value is -0.930. The van der Waals surface area contributed by atoms with Crippen LogP contribution in [-0.4, -0.2) is 60.3 Å². The summed E-state index contributed by atoms with van der Waals surface area (Å²) in [6.07, 6.45) is 0.672. The molecule has 1 fully saturated rings. The first-order chi connectivity index (χ1) is 13.2. The smallest absolute Gasteiger partial charge is 0.181 e. The number of sulfone groups is 1. The van der Waals surface area contributed by atoms with Crippen LogP contribution < -0.4 is 0 Å². The summed E-state index contributed by atoms with van der Waals surface area (Å²) in [7, 11) is -1.28. The zero-order valence-corrected chi connectivity index (χ0v) is 19.0. The van der Waals surface area contributed by atoms with Gasteiger partial charge in [0.1, 0.15) is 0 Å². The maximum absolute atomic E-state index is 12.0. The van der Waals surface area contributed by atoms with E-state index in [1.54, 1.807) is 7.11 Å². The van der Waals surface area contributed by atoms with E-state index in [0.717, 1.165) is 17.6 Å². The zero-order valence-electron chi connectivity index (χ0n) is 16.6. The average molecular weight is 446 g/mol. The molecule has 0 radical (unpaired) electrons. The number of hydrogen-bond acceptors (Lipinski definition) is 5. The monoisotopic (exact) mass is 445 g/mol. The molecule has 2 heterocycles. The van der Waals surface area contributed by atoms with Crippen LogP contribution in [0.2, 0.25) is 5.02 Å². The molecule has 0 bridgehead atoms. The van der Waals surface area contributed by atoms with E-state index in [2.05, 4.69) is 27.9 Å². The van der Waals surface area contributed by atoms with E-state index in [-0.39, 0.29) is 17.5 Å². The summed E-state index contributed by atoms with van der Waals surface area (Å²) >= 11 is 12.1. The van der Waals surface area contributed by atoms with Crippen LogP contribution in [0.15, 0.2) is 18.2 Å². The number of methoxy groups -OCH3 is 1. The van der Waals surface area contributed by atoms with Gasteiger partial charge in [-0.2, -0.15) is 0 Å². The molecule has 28 heavy (non-hydrogen) atoms. The summed E-state index contributed by atoms with van der Waals surface area (Å²) in [6.45, 7) is 6.87. The van der Waals surface area contributed by atoms with Crippen LogP contribution in [0.5, 0.6) is 0 Å². The molecule has 1 aliphatic heterocycles. The first-order valence-electron chi connectivity index (χ1n) is 9.54. The third-order valence-electron chi connectivity index (χ3n) is 5.15. The number of fused-ring (bicyclic) bond motifs is 1. The lowest BCUT2D eigenvalue weighted by Gasteiger charge is -2.30. The van der Waals surface area contributed by atoms with Crippen LogP contribution in [-0.2, 0) is 27.8 Å². The van der Waals surface area contributed by atoms with Crippen molar-refractivity contribution < 1.29 is 13.2 Å². The fourth-order valence-corrected chi connectivity index (χ4v) is 6.14. The number of hydrogen-bond donors (Lipinski definition) is 0. The van der Waals surface area contributed by atoms with Crippen molar-refractivity contribution in [1.82, 2.24) is 14.0 Å². The Balaban J connectivity index is 2.01. The summed E-state index contributed by atoms with van der Waals surface area (Å²) in [6, 6.07) is 5.79. The van der Waals surface area contributed by atoms with E-state index in [0.29, 0.717) is 42.0 Å². The lowest BCUT2D eigenvalue weighted by atomic mass is 10.1. The van der Waals surface area contributed by atoms with Gasteiger partial charge >= 0.3 is 0 Å². The normalized spacial score (nSPS) is 19.3. The van der Waals surface area contributed by atoms with Gasteiger partial charge in [0.15, 0.2) is 14.6 Å². The summed E-state index contributed by atoms with van der Waals surface area (Å²) in [5.74, 6) is 0.901. The second-order valence-electron chi connectivity index (χ2n) is 7.85. The van der Waals surface area contributed by atoms with Crippen molar-refractivity contribution in [2.45, 2.75) is 39.5 Å². The Labute approximate surface area is 176 Å². The van der Waals surface area contributed by atoms with Gasteiger partial charge in [0, 0.05) is 31.3 Å². The Morgan fingerprint density at radius 1 is 1.32 bits per heavy atom. The summed E-state index contributed by atoms with van der Waals surface area (Å²) in [5.41, 5.74) is 1.97. The first-order valence-corrected chi connectivity index (χ1v) is 12.1. The van der Waals surface area contributed by atoms with Crippen LogP contribution >= 0.6 is 23.8 Å². The van der Waals surface area contributed by atoms with E-state index in [4.69, 9.17) is 28.6 Å². The molecular weight excluding hydrogens is 418 g/mol. The van der Waals surface area contributed by atoms with Gasteiger partial charge in [0.2, 0.25) is 0 Å². The van der Waals surface area contributed by atoms with Crippen LogP contribution in [0.1, 0.15) is 20.3 Å². The molecule has 1 aliphatic rings. The summed E-state index contributed by atoms with van der Waals surface area (Å²) < 4.78 is 34.1. The molecule has 6 nitrogen and oxygen atoms in total. The molecule has 2 aromatic rings. The van der Waals surface area contributed by atoms with Crippen molar-refractivity contribution in [3.05, 3.63) is 28.0 Å².